The Labute approximate surface area is 278 Å². The number of hydroxylamine groups is 2. The quantitative estimate of drug-likeness (QED) is 0.0301. The van der Waals surface area contributed by atoms with Crippen LogP contribution in [0.2, 0.25) is 0 Å². The molecule has 0 unspecified atom stereocenters. The molecule has 2 aliphatic heterocycles. The average Bonchev–Trinajstić information content (AvgIpc) is 3.63. The maximum atomic E-state index is 14.8. The number of ether oxygens (including phenoxy) is 1. The molecule has 0 saturated carbocycles. The minimum Gasteiger partial charge on any atom is -0.487 e. The molecule has 260 valence electrons. The summed E-state index contributed by atoms with van der Waals surface area (Å²) in [4.78, 5) is 39.4. The number of thiazole rings is 1. The molecule has 2 fully saturated rings. The van der Waals surface area contributed by atoms with Gasteiger partial charge in [0.2, 0.25) is 0 Å². The molecule has 21 heteroatoms. The Balaban J connectivity index is 1.17. The van der Waals surface area contributed by atoms with E-state index in [0.717, 1.165) is 23.5 Å². The molecule has 18 nitrogen and oxygen atoms in total. The number of amides is 2. The van der Waals surface area contributed by atoms with Gasteiger partial charge in [-0.3, -0.25) is 18.7 Å². The highest BCUT2D eigenvalue weighted by atomic mass is 32.3. The number of anilines is 1. The fraction of sp³-hybridized carbons (Fsp3) is 0.481. The number of nitrogens with zero attached hydrogens (tertiary/aromatic N) is 6. The third-order valence-electron chi connectivity index (χ3n) is 7.58. The number of imidazole rings is 1. The molecule has 1 atom stereocenters. The number of pyridine rings is 1. The fourth-order valence-corrected chi connectivity index (χ4v) is 6.00. The van der Waals surface area contributed by atoms with Gasteiger partial charge in [-0.1, -0.05) is 5.16 Å². The molecular weight excluding hydrogens is 675 g/mol. The number of nitrogens with two attached hydrogens (primary N) is 2. The molecule has 3 aromatic heterocycles. The first kappa shape index (κ1) is 35.0. The Morgan fingerprint density at radius 1 is 1.33 bits per heavy atom. The van der Waals surface area contributed by atoms with Crippen molar-refractivity contribution in [3.8, 4) is 11.6 Å². The second kappa shape index (κ2) is 14.1. The number of hydrogen-bond donors (Lipinski definition) is 5. The fourth-order valence-electron chi connectivity index (χ4n) is 5.00. The van der Waals surface area contributed by atoms with Gasteiger partial charge in [0.1, 0.15) is 43.0 Å². The minimum absolute atomic E-state index is 0.0219. The van der Waals surface area contributed by atoms with Crippen LogP contribution in [0.4, 0.5) is 9.52 Å². The van der Waals surface area contributed by atoms with Crippen LogP contribution in [0.3, 0.4) is 0 Å². The number of β-lactam (4-membered cyclic amide) rings is 1. The molecule has 2 aliphatic rings. The van der Waals surface area contributed by atoms with Gasteiger partial charge in [-0.2, -0.15) is 13.5 Å². The number of carbonyl (C=O) groups excluding carboxylic acids is 2. The molecule has 0 spiro atoms. The SMILES string of the molecule is CC1(C)[C@H](NC(=O)/C(=N\OCCOc2ccc(-[n+]3cc(CCCN)n(CC4(F)CNC4)c3)nc2)c2csc(N)n2)C(=O)N1OS(=O)(=O)O. The lowest BCUT2D eigenvalue weighted by Gasteiger charge is -2.50. The molecule has 48 heavy (non-hydrogen) atoms. The highest BCUT2D eigenvalue weighted by Crippen LogP contribution is 2.33. The largest absolute Gasteiger partial charge is 0.487 e. The normalized spacial score (nSPS) is 18.6. The Morgan fingerprint density at radius 2 is 2.10 bits per heavy atom. The molecule has 3 aromatic rings. The van der Waals surface area contributed by atoms with Crippen LogP contribution < -0.4 is 31.4 Å². The van der Waals surface area contributed by atoms with Gasteiger partial charge in [0.15, 0.2) is 35.2 Å². The maximum absolute atomic E-state index is 14.8. The van der Waals surface area contributed by atoms with Crippen LogP contribution in [0.25, 0.3) is 5.82 Å². The van der Waals surface area contributed by atoms with Crippen molar-refractivity contribution in [3.05, 3.63) is 47.6 Å². The van der Waals surface area contributed by atoms with Crippen molar-refractivity contribution >= 4 is 44.4 Å². The summed E-state index contributed by atoms with van der Waals surface area (Å²) in [5.74, 6) is -0.734. The number of alkyl halides is 1. The number of nitrogens with one attached hydrogen (secondary N) is 2. The molecule has 2 saturated heterocycles. The summed E-state index contributed by atoms with van der Waals surface area (Å²) in [6.07, 6.45) is 6.73. The minimum atomic E-state index is -4.97. The van der Waals surface area contributed by atoms with E-state index >= 15 is 0 Å². The van der Waals surface area contributed by atoms with Gasteiger partial charge in [0.05, 0.1) is 5.54 Å². The van der Waals surface area contributed by atoms with Crippen LogP contribution >= 0.6 is 11.3 Å². The monoisotopic (exact) mass is 711 g/mol. The predicted octanol–water partition coefficient (Wildman–Crippen LogP) is -0.959. The van der Waals surface area contributed by atoms with Crippen LogP contribution in [0, 0.1) is 0 Å². The third kappa shape index (κ3) is 8.05. The molecular formula is C27H36FN10O8S2+. The lowest BCUT2D eigenvalue weighted by atomic mass is 9.84. The first-order chi connectivity index (χ1) is 22.7. The van der Waals surface area contributed by atoms with E-state index in [1.54, 1.807) is 12.1 Å². The number of aromatic nitrogens is 4. The van der Waals surface area contributed by atoms with Gasteiger partial charge in [-0.05, 0) is 32.9 Å². The first-order valence-electron chi connectivity index (χ1n) is 14.7. The van der Waals surface area contributed by atoms with E-state index in [1.807, 2.05) is 21.7 Å². The number of nitrogen functional groups attached to an aromatic ring is 1. The molecule has 0 bridgehead atoms. The molecule has 7 N–H and O–H groups in total. The van der Waals surface area contributed by atoms with Gasteiger partial charge in [-0.25, -0.2) is 13.9 Å². The third-order valence-corrected chi connectivity index (χ3v) is 8.59. The number of oxime groups is 1. The van der Waals surface area contributed by atoms with Gasteiger partial charge < -0.3 is 31.7 Å². The number of hydrogen-bond acceptors (Lipinski definition) is 14. The van der Waals surface area contributed by atoms with E-state index < -0.39 is 39.5 Å². The summed E-state index contributed by atoms with van der Waals surface area (Å²) in [5.41, 5.74) is 9.51. The topological polar surface area (TPSA) is 242 Å². The summed E-state index contributed by atoms with van der Waals surface area (Å²) in [5, 5.41) is 11.4. The molecule has 5 heterocycles. The average molecular weight is 712 g/mol. The maximum Gasteiger partial charge on any atom is 0.418 e. The zero-order valence-corrected chi connectivity index (χ0v) is 27.7. The van der Waals surface area contributed by atoms with E-state index in [4.69, 9.17) is 25.6 Å². The standard InChI is InChI=1S/C27H35FN10O8S2/c1-26(2)22(24(40)38(26)46-48(41,42)43)34-23(39)21(19-12-47-25(30)33-19)35-45-9-8-44-18-5-6-20(32-10-18)36-11-17(4-3-7-29)37(16-36)15-27(28)13-31-14-27/h5-6,10-12,16,22,31H,3-4,7-9,13-15,29H2,1-2H3,(H3-,30,33,34,39,41,42,43)/p+1/b35-21-/t22-/m1/s1. The Morgan fingerprint density at radius 3 is 2.69 bits per heavy atom. The highest BCUT2D eigenvalue weighted by molar-refractivity contribution is 7.80. The molecule has 0 radical (unpaired) electrons. The van der Waals surface area contributed by atoms with Crippen molar-refractivity contribution in [2.45, 2.75) is 50.5 Å². The lowest BCUT2D eigenvalue weighted by Crippen LogP contribution is -2.76. The number of halogens is 1. The van der Waals surface area contributed by atoms with Crippen molar-refractivity contribution < 1.29 is 45.4 Å². The summed E-state index contributed by atoms with van der Waals surface area (Å²) >= 11 is 1.05. The van der Waals surface area contributed by atoms with Gasteiger partial charge >= 0.3 is 10.4 Å². The van der Waals surface area contributed by atoms with Crippen molar-refractivity contribution in [1.29, 1.82) is 0 Å². The lowest BCUT2D eigenvalue weighted by molar-refractivity contribution is -0.599. The van der Waals surface area contributed by atoms with Crippen LogP contribution in [-0.2, 0) is 42.1 Å². The molecule has 0 aromatic carbocycles. The molecule has 2 amide bonds. The van der Waals surface area contributed by atoms with Crippen molar-refractivity contribution in [2.24, 2.45) is 10.9 Å². The Bertz CT molecular complexity index is 1780. The number of rotatable bonds is 16. The van der Waals surface area contributed by atoms with Crippen LogP contribution in [0.5, 0.6) is 5.75 Å². The number of aryl methyl sites for hydroxylation is 1. The summed E-state index contributed by atoms with van der Waals surface area (Å²) in [6.45, 7) is 4.14. The number of carbonyl (C=O) groups is 2. The van der Waals surface area contributed by atoms with Crippen LogP contribution in [0.15, 0.2) is 41.4 Å². The smallest absolute Gasteiger partial charge is 0.418 e. The van der Waals surface area contributed by atoms with Crippen LogP contribution in [0.1, 0.15) is 31.7 Å². The molecule has 0 aliphatic carbocycles. The van der Waals surface area contributed by atoms with E-state index in [-0.39, 0.29) is 36.3 Å². The van der Waals surface area contributed by atoms with Gasteiger partial charge in [0.25, 0.3) is 17.6 Å². The van der Waals surface area contributed by atoms with E-state index in [0.29, 0.717) is 42.7 Å². The van der Waals surface area contributed by atoms with Gasteiger partial charge in [0, 0.05) is 31.0 Å². The highest BCUT2D eigenvalue weighted by Gasteiger charge is 2.58. The van der Waals surface area contributed by atoms with Gasteiger partial charge in [-0.15, -0.1) is 20.6 Å². The second-order valence-corrected chi connectivity index (χ2v) is 13.6. The van der Waals surface area contributed by atoms with E-state index in [9.17, 15) is 22.4 Å². The Kier molecular flexibility index (Phi) is 10.3. The van der Waals surface area contributed by atoms with Crippen molar-refractivity contribution in [3.63, 3.8) is 0 Å². The Hall–Kier alpha value is -4.28. The summed E-state index contributed by atoms with van der Waals surface area (Å²) in [7, 11) is -4.97. The summed E-state index contributed by atoms with van der Waals surface area (Å²) < 4.78 is 59.6. The van der Waals surface area contributed by atoms with E-state index in [2.05, 4.69) is 30.0 Å². The second-order valence-electron chi connectivity index (χ2n) is 11.7. The summed E-state index contributed by atoms with van der Waals surface area (Å²) in [6, 6.07) is 2.24. The molecule has 5 rings (SSSR count). The van der Waals surface area contributed by atoms with Crippen molar-refractivity contribution in [1.82, 2.24) is 30.2 Å². The predicted molar refractivity (Wildman–Crippen MR) is 168 cm³/mol. The van der Waals surface area contributed by atoms with Crippen LogP contribution in [-0.4, -0.2) is 100 Å². The van der Waals surface area contributed by atoms with Crippen molar-refractivity contribution in [2.75, 3.05) is 38.6 Å². The van der Waals surface area contributed by atoms with E-state index in [1.165, 1.54) is 25.4 Å². The first-order valence-corrected chi connectivity index (χ1v) is 17.0. The zero-order valence-electron chi connectivity index (χ0n) is 26.0. The zero-order chi connectivity index (χ0) is 34.7.